The number of hydrogen-bond acceptors (Lipinski definition) is 7. The van der Waals surface area contributed by atoms with E-state index in [4.69, 9.17) is 18.4 Å². The Morgan fingerprint density at radius 3 is 2.88 bits per heavy atom. The molecule has 6 nitrogen and oxygen atoms in total. The topological polar surface area (TPSA) is 74.7 Å². The number of benzene rings is 1. The third-order valence-electron chi connectivity index (χ3n) is 3.85. The Hall–Kier alpha value is -2.90. The molecule has 0 amide bonds. The van der Waals surface area contributed by atoms with Gasteiger partial charge in [0, 0.05) is 24.1 Å². The number of methoxy groups -OCH3 is 1. The van der Waals surface area contributed by atoms with Gasteiger partial charge in [-0.25, -0.2) is 4.79 Å². The van der Waals surface area contributed by atoms with E-state index in [1.165, 1.54) is 0 Å². The molecule has 4 rings (SSSR count). The van der Waals surface area contributed by atoms with E-state index in [9.17, 15) is 4.79 Å². The van der Waals surface area contributed by atoms with Gasteiger partial charge in [0.1, 0.15) is 17.9 Å². The van der Waals surface area contributed by atoms with Crippen LogP contribution in [0, 0.1) is 0 Å². The number of ether oxygens (including phenoxy) is 2. The minimum Gasteiger partial charge on any atom is -0.453 e. The minimum absolute atomic E-state index is 0.00280. The number of carbonyl (C=O) groups is 1. The zero-order valence-electron chi connectivity index (χ0n) is 13.9. The van der Waals surface area contributed by atoms with E-state index in [0.29, 0.717) is 22.6 Å². The van der Waals surface area contributed by atoms with Crippen LogP contribution in [0.1, 0.15) is 21.8 Å². The van der Waals surface area contributed by atoms with E-state index in [-0.39, 0.29) is 19.0 Å². The molecular formula is C19H15NO5S. The number of rotatable bonds is 6. The summed E-state index contributed by atoms with van der Waals surface area (Å²) >= 11 is 1.55. The van der Waals surface area contributed by atoms with Crippen molar-refractivity contribution in [3.8, 4) is 10.6 Å². The van der Waals surface area contributed by atoms with Crippen molar-refractivity contribution in [2.24, 2.45) is 0 Å². The Morgan fingerprint density at radius 2 is 2.08 bits per heavy atom. The van der Waals surface area contributed by atoms with Crippen molar-refractivity contribution in [1.82, 2.24) is 5.16 Å². The SMILES string of the molecule is COCc1c(C(=O)OCc2cc(-c3cccs3)on2)oc2ccccc12. The normalized spacial score (nSPS) is 11.1. The summed E-state index contributed by atoms with van der Waals surface area (Å²) in [5.41, 5.74) is 1.83. The Morgan fingerprint density at radius 1 is 1.19 bits per heavy atom. The van der Waals surface area contributed by atoms with E-state index in [1.807, 2.05) is 35.7 Å². The van der Waals surface area contributed by atoms with Gasteiger partial charge in [-0.1, -0.05) is 29.4 Å². The summed E-state index contributed by atoms with van der Waals surface area (Å²) < 4.78 is 21.5. The van der Waals surface area contributed by atoms with Crippen LogP contribution in [0.5, 0.6) is 0 Å². The maximum Gasteiger partial charge on any atom is 0.375 e. The van der Waals surface area contributed by atoms with Gasteiger partial charge in [-0.05, 0) is 17.5 Å². The standard InChI is InChI=1S/C19H15NO5S/c1-22-11-14-13-5-2-3-6-15(13)24-18(14)19(21)23-10-12-9-16(25-20-12)17-7-4-8-26-17/h2-9H,10-11H2,1H3. The molecule has 0 atom stereocenters. The van der Waals surface area contributed by atoms with Crippen molar-refractivity contribution >= 4 is 28.3 Å². The molecule has 3 aromatic heterocycles. The smallest absolute Gasteiger partial charge is 0.375 e. The highest BCUT2D eigenvalue weighted by Gasteiger charge is 2.22. The van der Waals surface area contributed by atoms with Crippen molar-refractivity contribution < 1.29 is 23.2 Å². The van der Waals surface area contributed by atoms with Gasteiger partial charge in [0.25, 0.3) is 0 Å². The first kappa shape index (κ1) is 16.6. The number of hydrogen-bond donors (Lipinski definition) is 0. The van der Waals surface area contributed by atoms with Gasteiger partial charge in [0.2, 0.25) is 5.76 Å². The second kappa shape index (κ2) is 7.15. The van der Waals surface area contributed by atoms with Crippen molar-refractivity contribution in [2.75, 3.05) is 7.11 Å². The molecule has 0 bridgehead atoms. The van der Waals surface area contributed by atoms with Crippen LogP contribution >= 0.6 is 11.3 Å². The zero-order valence-corrected chi connectivity index (χ0v) is 14.7. The van der Waals surface area contributed by atoms with Gasteiger partial charge < -0.3 is 18.4 Å². The lowest BCUT2D eigenvalue weighted by molar-refractivity contribution is 0.0424. The summed E-state index contributed by atoms with van der Waals surface area (Å²) in [6.45, 7) is 0.255. The zero-order chi connectivity index (χ0) is 17.9. The largest absolute Gasteiger partial charge is 0.453 e. The highest BCUT2D eigenvalue weighted by molar-refractivity contribution is 7.13. The number of aromatic nitrogens is 1. The van der Waals surface area contributed by atoms with E-state index in [0.717, 1.165) is 10.3 Å². The predicted octanol–water partition coefficient (Wildman–Crippen LogP) is 4.65. The minimum atomic E-state index is -0.561. The molecule has 0 fully saturated rings. The van der Waals surface area contributed by atoms with Gasteiger partial charge in [-0.3, -0.25) is 0 Å². The fraction of sp³-hybridized carbons (Fsp3) is 0.158. The van der Waals surface area contributed by atoms with E-state index >= 15 is 0 Å². The van der Waals surface area contributed by atoms with Crippen LogP contribution in [0.4, 0.5) is 0 Å². The second-order valence-corrected chi connectivity index (χ2v) is 6.52. The Balaban J connectivity index is 1.52. The molecule has 26 heavy (non-hydrogen) atoms. The summed E-state index contributed by atoms with van der Waals surface area (Å²) in [4.78, 5) is 13.5. The Labute approximate surface area is 152 Å². The molecule has 0 unspecified atom stereocenters. The number of furan rings is 1. The van der Waals surface area contributed by atoms with E-state index in [1.54, 1.807) is 30.6 Å². The average molecular weight is 369 g/mol. The van der Waals surface area contributed by atoms with Crippen LogP contribution in [-0.2, 0) is 22.7 Å². The van der Waals surface area contributed by atoms with Crippen LogP contribution in [0.2, 0.25) is 0 Å². The Bertz CT molecular complexity index is 1030. The van der Waals surface area contributed by atoms with Crippen molar-refractivity contribution in [2.45, 2.75) is 13.2 Å². The molecular weight excluding hydrogens is 354 g/mol. The number of para-hydroxylation sites is 1. The lowest BCUT2D eigenvalue weighted by atomic mass is 10.1. The predicted molar refractivity (Wildman–Crippen MR) is 95.9 cm³/mol. The molecule has 7 heteroatoms. The summed E-state index contributed by atoms with van der Waals surface area (Å²) in [5, 5.41) is 6.73. The third kappa shape index (κ3) is 3.14. The van der Waals surface area contributed by atoms with Gasteiger partial charge in [0.15, 0.2) is 5.76 Å². The maximum absolute atomic E-state index is 12.5. The molecule has 0 spiro atoms. The molecule has 0 aliphatic carbocycles. The molecule has 4 aromatic rings. The number of carbonyl (C=O) groups excluding carboxylic acids is 1. The molecule has 1 aromatic carbocycles. The first-order valence-electron chi connectivity index (χ1n) is 7.92. The van der Waals surface area contributed by atoms with Crippen molar-refractivity contribution in [3.05, 3.63) is 64.9 Å². The van der Waals surface area contributed by atoms with Crippen molar-refractivity contribution in [1.29, 1.82) is 0 Å². The fourth-order valence-electron chi connectivity index (χ4n) is 2.67. The van der Waals surface area contributed by atoms with Crippen LogP contribution in [-0.4, -0.2) is 18.2 Å². The van der Waals surface area contributed by atoms with E-state index in [2.05, 4.69) is 5.16 Å². The molecule has 132 valence electrons. The molecule has 0 N–H and O–H groups in total. The lowest BCUT2D eigenvalue weighted by Gasteiger charge is -2.02. The van der Waals surface area contributed by atoms with Gasteiger partial charge in [-0.2, -0.15) is 0 Å². The quantitative estimate of drug-likeness (QED) is 0.461. The van der Waals surface area contributed by atoms with Crippen molar-refractivity contribution in [3.63, 3.8) is 0 Å². The molecule has 3 heterocycles. The Kier molecular flexibility index (Phi) is 4.55. The highest BCUT2D eigenvalue weighted by atomic mass is 32.1. The van der Waals surface area contributed by atoms with Crippen LogP contribution in [0.15, 0.2) is 56.8 Å². The summed E-state index contributed by atoms with van der Waals surface area (Å²) in [7, 11) is 1.57. The van der Waals surface area contributed by atoms with Gasteiger partial charge in [-0.15, -0.1) is 11.3 Å². The van der Waals surface area contributed by atoms with Gasteiger partial charge in [0.05, 0.1) is 11.5 Å². The molecule has 0 aliphatic heterocycles. The molecule has 0 saturated carbocycles. The average Bonchev–Trinajstić information content (AvgIpc) is 3.39. The molecule has 0 saturated heterocycles. The maximum atomic E-state index is 12.5. The summed E-state index contributed by atoms with van der Waals surface area (Å²) in [6, 6.07) is 13.0. The van der Waals surface area contributed by atoms with Gasteiger partial charge >= 0.3 is 5.97 Å². The van der Waals surface area contributed by atoms with Crippen LogP contribution in [0.3, 0.4) is 0 Å². The third-order valence-corrected chi connectivity index (χ3v) is 4.73. The summed E-state index contributed by atoms with van der Waals surface area (Å²) in [5.74, 6) is 0.235. The molecule has 0 radical (unpaired) electrons. The van der Waals surface area contributed by atoms with E-state index < -0.39 is 5.97 Å². The second-order valence-electron chi connectivity index (χ2n) is 5.57. The number of fused-ring (bicyclic) bond motifs is 1. The monoisotopic (exact) mass is 369 g/mol. The molecule has 0 aliphatic rings. The number of esters is 1. The van der Waals surface area contributed by atoms with Crippen LogP contribution in [0.25, 0.3) is 21.6 Å². The number of nitrogens with zero attached hydrogens (tertiary/aromatic N) is 1. The fourth-order valence-corrected chi connectivity index (χ4v) is 3.34. The number of thiophene rings is 1. The first-order valence-corrected chi connectivity index (χ1v) is 8.80. The lowest BCUT2D eigenvalue weighted by Crippen LogP contribution is -2.07. The first-order chi connectivity index (χ1) is 12.8. The highest BCUT2D eigenvalue weighted by Crippen LogP contribution is 2.28. The summed E-state index contributed by atoms with van der Waals surface area (Å²) in [6.07, 6.45) is 0. The van der Waals surface area contributed by atoms with Crippen LogP contribution < -0.4 is 0 Å².